The van der Waals surface area contributed by atoms with Gasteiger partial charge in [0, 0.05) is 6.54 Å². The first-order chi connectivity index (χ1) is 10.1. The first-order valence-corrected chi connectivity index (χ1v) is 8.49. The molecular weight excluding hydrogens is 305 g/mol. The number of alkyl halides is 1. The van der Waals surface area contributed by atoms with Gasteiger partial charge >= 0.3 is 0 Å². The maximum absolute atomic E-state index is 6.41. The summed E-state index contributed by atoms with van der Waals surface area (Å²) in [5.41, 5.74) is 2.02. The van der Waals surface area contributed by atoms with Crippen molar-refractivity contribution >= 4 is 34.2 Å². The third-order valence-electron chi connectivity index (χ3n) is 5.01. The van der Waals surface area contributed by atoms with Gasteiger partial charge in [-0.05, 0) is 50.9 Å². The van der Waals surface area contributed by atoms with E-state index >= 15 is 0 Å². The van der Waals surface area contributed by atoms with Crippen LogP contribution in [0.1, 0.15) is 37.0 Å². The second-order valence-electron chi connectivity index (χ2n) is 6.27. The van der Waals surface area contributed by atoms with Crippen LogP contribution in [0.3, 0.4) is 0 Å². The molecule has 0 amide bonds. The van der Waals surface area contributed by atoms with Crippen LogP contribution in [-0.2, 0) is 0 Å². The molecule has 3 fully saturated rings. The lowest BCUT2D eigenvalue weighted by Crippen LogP contribution is -2.48. The molecule has 0 N–H and O–H groups in total. The number of benzene rings is 1. The van der Waals surface area contributed by atoms with E-state index in [4.69, 9.17) is 28.2 Å². The summed E-state index contributed by atoms with van der Waals surface area (Å²) in [5, 5.41) is 0.606. The van der Waals surface area contributed by atoms with E-state index in [0.29, 0.717) is 11.1 Å². The Kier molecular flexibility index (Phi) is 3.40. The van der Waals surface area contributed by atoms with E-state index in [1.54, 1.807) is 0 Å². The largest absolute Gasteiger partial charge is 0.322 e. The number of hydrogen-bond donors (Lipinski definition) is 0. The second-order valence-corrected chi connectivity index (χ2v) is 7.33. The Labute approximate surface area is 134 Å². The number of nitrogens with zero attached hydrogens (tertiary/aromatic N) is 3. The van der Waals surface area contributed by atoms with Crippen LogP contribution in [0.5, 0.6) is 0 Å². The zero-order chi connectivity index (χ0) is 14.6. The number of fused-ring (bicyclic) bond motifs is 4. The monoisotopic (exact) mass is 323 g/mol. The number of halogens is 2. The first-order valence-electron chi connectivity index (χ1n) is 7.68. The van der Waals surface area contributed by atoms with Gasteiger partial charge in [0.15, 0.2) is 0 Å². The van der Waals surface area contributed by atoms with E-state index in [1.807, 2.05) is 19.1 Å². The number of imidazole rings is 1. The van der Waals surface area contributed by atoms with Gasteiger partial charge in [0.1, 0.15) is 11.3 Å². The van der Waals surface area contributed by atoms with Crippen LogP contribution in [-0.4, -0.2) is 34.1 Å². The standard InChI is InChI=1S/C16H19Cl2N3/c1-10(17)16-19-15-12(18)3-2-4-13(15)21(16)14-9-20-7-5-11(14)6-8-20/h2-4,10-11,14H,5-9H2,1H3. The van der Waals surface area contributed by atoms with Crippen molar-refractivity contribution in [2.45, 2.75) is 31.2 Å². The number of rotatable bonds is 2. The molecule has 3 aliphatic heterocycles. The molecule has 3 nitrogen and oxygen atoms in total. The van der Waals surface area contributed by atoms with Crippen molar-refractivity contribution in [3.05, 3.63) is 29.0 Å². The molecule has 2 atom stereocenters. The summed E-state index contributed by atoms with van der Waals surface area (Å²) in [7, 11) is 0. The van der Waals surface area contributed by atoms with Gasteiger partial charge < -0.3 is 9.47 Å². The molecule has 2 unspecified atom stereocenters. The number of para-hydroxylation sites is 1. The minimum Gasteiger partial charge on any atom is -0.322 e. The Morgan fingerprint density at radius 1 is 1.29 bits per heavy atom. The van der Waals surface area contributed by atoms with Crippen LogP contribution in [0.15, 0.2) is 18.2 Å². The van der Waals surface area contributed by atoms with Crippen LogP contribution in [0.2, 0.25) is 5.02 Å². The SMILES string of the molecule is CC(Cl)c1nc2c(Cl)cccc2n1C1CN2CCC1CC2. The highest BCUT2D eigenvalue weighted by atomic mass is 35.5. The molecule has 21 heavy (non-hydrogen) atoms. The predicted octanol–water partition coefficient (Wildman–Crippen LogP) is 4.26. The van der Waals surface area contributed by atoms with Gasteiger partial charge in [-0.15, -0.1) is 11.6 Å². The molecule has 1 aromatic carbocycles. The highest BCUT2D eigenvalue weighted by molar-refractivity contribution is 6.35. The van der Waals surface area contributed by atoms with Gasteiger partial charge in [-0.25, -0.2) is 4.98 Å². The predicted molar refractivity (Wildman–Crippen MR) is 87.2 cm³/mol. The molecule has 1 aromatic heterocycles. The second kappa shape index (κ2) is 5.15. The van der Waals surface area contributed by atoms with E-state index in [0.717, 1.165) is 29.3 Å². The lowest BCUT2D eigenvalue weighted by atomic mass is 9.83. The van der Waals surface area contributed by atoms with Crippen LogP contribution in [0.4, 0.5) is 0 Å². The summed E-state index contributed by atoms with van der Waals surface area (Å²) in [4.78, 5) is 7.31. The zero-order valence-electron chi connectivity index (χ0n) is 12.1. The summed E-state index contributed by atoms with van der Waals surface area (Å²) in [6.45, 7) is 5.58. The molecule has 5 rings (SSSR count). The molecule has 2 bridgehead atoms. The topological polar surface area (TPSA) is 21.1 Å². The van der Waals surface area contributed by atoms with E-state index in [1.165, 1.54) is 25.9 Å². The Balaban J connectivity index is 1.90. The van der Waals surface area contributed by atoms with Crippen molar-refractivity contribution in [2.75, 3.05) is 19.6 Å². The first kappa shape index (κ1) is 13.9. The average Bonchev–Trinajstić information content (AvgIpc) is 2.89. The molecule has 0 spiro atoms. The summed E-state index contributed by atoms with van der Waals surface area (Å²) in [6, 6.07) is 6.51. The third kappa shape index (κ3) is 2.18. The van der Waals surface area contributed by atoms with Crippen molar-refractivity contribution in [2.24, 2.45) is 5.92 Å². The highest BCUT2D eigenvalue weighted by Crippen LogP contribution is 2.40. The van der Waals surface area contributed by atoms with Crippen molar-refractivity contribution < 1.29 is 0 Å². The van der Waals surface area contributed by atoms with Crippen molar-refractivity contribution in [1.29, 1.82) is 0 Å². The molecule has 0 aliphatic carbocycles. The zero-order valence-corrected chi connectivity index (χ0v) is 13.6. The molecular formula is C16H19Cl2N3. The van der Waals surface area contributed by atoms with Crippen molar-refractivity contribution in [3.8, 4) is 0 Å². The van der Waals surface area contributed by atoms with Gasteiger partial charge in [0.25, 0.3) is 0 Å². The lowest BCUT2D eigenvalue weighted by Gasteiger charge is -2.46. The molecule has 0 radical (unpaired) electrons. The quantitative estimate of drug-likeness (QED) is 0.770. The highest BCUT2D eigenvalue weighted by Gasteiger charge is 2.37. The maximum Gasteiger partial charge on any atom is 0.128 e. The van der Waals surface area contributed by atoms with Gasteiger partial charge in [-0.1, -0.05) is 17.7 Å². The fraction of sp³-hybridized carbons (Fsp3) is 0.562. The van der Waals surface area contributed by atoms with Crippen LogP contribution in [0.25, 0.3) is 11.0 Å². The van der Waals surface area contributed by atoms with Crippen LogP contribution >= 0.6 is 23.2 Å². The van der Waals surface area contributed by atoms with Crippen molar-refractivity contribution in [3.63, 3.8) is 0 Å². The molecule has 4 heterocycles. The molecule has 2 aromatic rings. The summed E-state index contributed by atoms with van der Waals surface area (Å²) in [6.07, 6.45) is 2.56. The number of aromatic nitrogens is 2. The smallest absolute Gasteiger partial charge is 0.128 e. The fourth-order valence-electron chi connectivity index (χ4n) is 3.96. The summed E-state index contributed by atoms with van der Waals surface area (Å²) < 4.78 is 2.37. The molecule has 0 saturated carbocycles. The van der Waals surface area contributed by atoms with E-state index in [-0.39, 0.29) is 5.38 Å². The minimum absolute atomic E-state index is 0.107. The number of piperidine rings is 3. The normalized spacial score (nSPS) is 30.0. The van der Waals surface area contributed by atoms with Gasteiger partial charge in [-0.3, -0.25) is 0 Å². The molecule has 112 valence electrons. The van der Waals surface area contributed by atoms with Crippen molar-refractivity contribution in [1.82, 2.24) is 14.5 Å². The van der Waals surface area contributed by atoms with Crippen LogP contribution in [0, 0.1) is 5.92 Å². The van der Waals surface area contributed by atoms with E-state index < -0.39 is 0 Å². The average molecular weight is 324 g/mol. The Morgan fingerprint density at radius 2 is 2.05 bits per heavy atom. The third-order valence-corrected chi connectivity index (χ3v) is 5.51. The van der Waals surface area contributed by atoms with Gasteiger partial charge in [0.05, 0.1) is 22.0 Å². The minimum atomic E-state index is -0.107. The molecule has 3 saturated heterocycles. The number of hydrogen-bond acceptors (Lipinski definition) is 2. The Hall–Kier alpha value is -0.770. The van der Waals surface area contributed by atoms with Gasteiger partial charge in [0.2, 0.25) is 0 Å². The van der Waals surface area contributed by atoms with Gasteiger partial charge in [-0.2, -0.15) is 0 Å². The van der Waals surface area contributed by atoms with E-state index in [2.05, 4.69) is 15.5 Å². The van der Waals surface area contributed by atoms with E-state index in [9.17, 15) is 0 Å². The molecule has 5 heteroatoms. The Bertz CT molecular complexity index is 671. The lowest BCUT2D eigenvalue weighted by molar-refractivity contribution is 0.0575. The summed E-state index contributed by atoms with van der Waals surface area (Å²) >= 11 is 12.7. The van der Waals surface area contributed by atoms with Crippen LogP contribution < -0.4 is 0 Å². The Morgan fingerprint density at radius 3 is 2.67 bits per heavy atom. The molecule has 3 aliphatic rings. The fourth-order valence-corrected chi connectivity index (χ4v) is 4.32. The maximum atomic E-state index is 6.41. The summed E-state index contributed by atoms with van der Waals surface area (Å²) in [5.74, 6) is 1.69.